The molecule has 2 nitrogen and oxygen atoms in total. The maximum Gasteiger partial charge on any atom is 0.0540 e. The van der Waals surface area contributed by atoms with Crippen LogP contribution in [0.1, 0.15) is 37.8 Å². The average Bonchev–Trinajstić information content (AvgIpc) is 2.90. The third kappa shape index (κ3) is 4.37. The molecular weight excluding hydrogens is 246 g/mol. The second kappa shape index (κ2) is 7.47. The van der Waals surface area contributed by atoms with Gasteiger partial charge in [-0.05, 0) is 42.5 Å². The summed E-state index contributed by atoms with van der Waals surface area (Å²) in [5.41, 5.74) is 2.39. The molecule has 1 heterocycles. The number of benzene rings is 1. The summed E-state index contributed by atoms with van der Waals surface area (Å²) in [4.78, 5) is 2.55. The number of aliphatic hydroxyl groups is 1. The van der Waals surface area contributed by atoms with Crippen molar-refractivity contribution in [1.29, 1.82) is 0 Å². The molecule has 2 heteroatoms. The minimum Gasteiger partial charge on any atom is -0.395 e. The molecule has 20 heavy (non-hydrogen) atoms. The molecule has 0 spiro atoms. The lowest BCUT2D eigenvalue weighted by Crippen LogP contribution is -2.21. The van der Waals surface area contributed by atoms with Gasteiger partial charge in [0.05, 0.1) is 6.61 Å². The zero-order valence-corrected chi connectivity index (χ0v) is 12.6. The Labute approximate surface area is 122 Å². The van der Waals surface area contributed by atoms with Crippen LogP contribution in [0.15, 0.2) is 24.3 Å². The van der Waals surface area contributed by atoms with E-state index in [-0.39, 0.29) is 6.61 Å². The zero-order valence-electron chi connectivity index (χ0n) is 12.6. The van der Waals surface area contributed by atoms with Gasteiger partial charge in [0, 0.05) is 25.1 Å². The molecule has 1 saturated heterocycles. The molecule has 1 aliphatic rings. The largest absolute Gasteiger partial charge is 0.395 e. The molecule has 0 amide bonds. The molecule has 1 atom stereocenters. The maximum atomic E-state index is 8.70. The molecule has 1 aromatic rings. The van der Waals surface area contributed by atoms with Crippen LogP contribution in [-0.4, -0.2) is 29.7 Å². The van der Waals surface area contributed by atoms with Crippen LogP contribution in [-0.2, 0) is 6.54 Å². The normalized spacial score (nSPS) is 19.1. The molecule has 0 saturated carbocycles. The summed E-state index contributed by atoms with van der Waals surface area (Å²) < 4.78 is 0. The van der Waals surface area contributed by atoms with Crippen molar-refractivity contribution in [1.82, 2.24) is 4.90 Å². The van der Waals surface area contributed by atoms with Crippen molar-refractivity contribution in [3.8, 4) is 11.8 Å². The van der Waals surface area contributed by atoms with Gasteiger partial charge in [0.15, 0.2) is 0 Å². The summed E-state index contributed by atoms with van der Waals surface area (Å²) in [5.74, 6) is 7.67. The molecule has 0 aromatic heterocycles. The van der Waals surface area contributed by atoms with E-state index in [0.29, 0.717) is 6.42 Å². The highest BCUT2D eigenvalue weighted by Crippen LogP contribution is 2.24. The topological polar surface area (TPSA) is 23.5 Å². The Balaban J connectivity index is 1.87. The quantitative estimate of drug-likeness (QED) is 0.851. The highest BCUT2D eigenvalue weighted by Gasteiger charge is 2.24. The third-order valence-electron chi connectivity index (χ3n) is 4.08. The van der Waals surface area contributed by atoms with Crippen LogP contribution in [0.5, 0.6) is 0 Å². The predicted octanol–water partition coefficient (Wildman–Crippen LogP) is 2.90. The van der Waals surface area contributed by atoms with Crippen LogP contribution >= 0.6 is 0 Å². The lowest BCUT2D eigenvalue weighted by molar-refractivity contribution is 0.297. The van der Waals surface area contributed by atoms with Gasteiger partial charge in [-0.3, -0.25) is 4.90 Å². The van der Waals surface area contributed by atoms with E-state index in [1.54, 1.807) is 0 Å². The van der Waals surface area contributed by atoms with Crippen LogP contribution in [0.25, 0.3) is 0 Å². The van der Waals surface area contributed by atoms with Crippen molar-refractivity contribution in [2.24, 2.45) is 11.8 Å². The average molecular weight is 271 g/mol. The summed E-state index contributed by atoms with van der Waals surface area (Å²) in [7, 11) is 0. The summed E-state index contributed by atoms with van der Waals surface area (Å²) >= 11 is 0. The van der Waals surface area contributed by atoms with Crippen LogP contribution in [0, 0.1) is 23.7 Å². The standard InChI is InChI=1S/C18H25NO/c1-15(2)18-10-11-19(14-18)13-17-8-6-16(7-9-17)5-3-4-12-20/h6-9,15,18,20H,4,10-14H2,1-2H3. The lowest BCUT2D eigenvalue weighted by atomic mass is 9.95. The van der Waals surface area contributed by atoms with Crippen molar-refractivity contribution < 1.29 is 5.11 Å². The molecule has 1 fully saturated rings. The van der Waals surface area contributed by atoms with Gasteiger partial charge in [-0.2, -0.15) is 0 Å². The van der Waals surface area contributed by atoms with E-state index < -0.39 is 0 Å². The number of nitrogens with zero attached hydrogens (tertiary/aromatic N) is 1. The van der Waals surface area contributed by atoms with Gasteiger partial charge in [-0.15, -0.1) is 0 Å². The molecule has 0 aliphatic carbocycles. The van der Waals surface area contributed by atoms with E-state index in [1.165, 1.54) is 25.1 Å². The summed E-state index contributed by atoms with van der Waals surface area (Å²) in [6, 6.07) is 8.50. The van der Waals surface area contributed by atoms with Crippen LogP contribution in [0.2, 0.25) is 0 Å². The van der Waals surface area contributed by atoms with E-state index in [2.05, 4.69) is 54.9 Å². The molecule has 0 radical (unpaired) electrons. The zero-order chi connectivity index (χ0) is 14.4. The minimum atomic E-state index is 0.136. The van der Waals surface area contributed by atoms with E-state index in [0.717, 1.165) is 23.9 Å². The summed E-state index contributed by atoms with van der Waals surface area (Å²) in [6.07, 6.45) is 1.88. The number of aliphatic hydroxyl groups excluding tert-OH is 1. The van der Waals surface area contributed by atoms with E-state index >= 15 is 0 Å². The molecular formula is C18H25NO. The fraction of sp³-hybridized carbons (Fsp3) is 0.556. The number of likely N-dealkylation sites (tertiary alicyclic amines) is 1. The highest BCUT2D eigenvalue weighted by molar-refractivity contribution is 5.36. The molecule has 0 bridgehead atoms. The van der Waals surface area contributed by atoms with Gasteiger partial charge < -0.3 is 5.11 Å². The maximum absolute atomic E-state index is 8.70. The first-order valence-corrected chi connectivity index (χ1v) is 7.60. The first-order chi connectivity index (χ1) is 9.69. The van der Waals surface area contributed by atoms with Gasteiger partial charge in [0.25, 0.3) is 0 Å². The summed E-state index contributed by atoms with van der Waals surface area (Å²) in [6.45, 7) is 8.29. The Morgan fingerprint density at radius 3 is 2.65 bits per heavy atom. The molecule has 1 N–H and O–H groups in total. The van der Waals surface area contributed by atoms with Crippen molar-refractivity contribution in [3.05, 3.63) is 35.4 Å². The molecule has 1 aromatic carbocycles. The number of hydrogen-bond acceptors (Lipinski definition) is 2. The van der Waals surface area contributed by atoms with Crippen molar-refractivity contribution in [2.75, 3.05) is 19.7 Å². The van der Waals surface area contributed by atoms with Gasteiger partial charge in [0.2, 0.25) is 0 Å². The summed E-state index contributed by atoms with van der Waals surface area (Å²) in [5, 5.41) is 8.70. The van der Waals surface area contributed by atoms with E-state index in [1.807, 2.05) is 0 Å². The Morgan fingerprint density at radius 1 is 1.30 bits per heavy atom. The van der Waals surface area contributed by atoms with Crippen LogP contribution in [0.3, 0.4) is 0 Å². The van der Waals surface area contributed by atoms with Crippen molar-refractivity contribution in [3.63, 3.8) is 0 Å². The highest BCUT2D eigenvalue weighted by atomic mass is 16.2. The first-order valence-electron chi connectivity index (χ1n) is 7.60. The van der Waals surface area contributed by atoms with Crippen molar-refractivity contribution in [2.45, 2.75) is 33.2 Å². The van der Waals surface area contributed by atoms with Gasteiger partial charge >= 0.3 is 0 Å². The number of rotatable bonds is 4. The Morgan fingerprint density at radius 2 is 2.05 bits per heavy atom. The van der Waals surface area contributed by atoms with Crippen LogP contribution in [0.4, 0.5) is 0 Å². The van der Waals surface area contributed by atoms with Crippen molar-refractivity contribution >= 4 is 0 Å². The smallest absolute Gasteiger partial charge is 0.0540 e. The molecule has 2 rings (SSSR count). The van der Waals surface area contributed by atoms with Crippen LogP contribution < -0.4 is 0 Å². The lowest BCUT2D eigenvalue weighted by Gasteiger charge is -2.17. The van der Waals surface area contributed by atoms with E-state index in [4.69, 9.17) is 5.11 Å². The second-order valence-electron chi connectivity index (χ2n) is 6.00. The van der Waals surface area contributed by atoms with Gasteiger partial charge in [-0.1, -0.05) is 37.8 Å². The molecule has 1 aliphatic heterocycles. The third-order valence-corrected chi connectivity index (χ3v) is 4.08. The molecule has 108 valence electrons. The fourth-order valence-corrected chi connectivity index (χ4v) is 2.72. The minimum absolute atomic E-state index is 0.136. The van der Waals surface area contributed by atoms with Gasteiger partial charge in [-0.25, -0.2) is 0 Å². The Hall–Kier alpha value is -1.30. The first kappa shape index (κ1) is 15.1. The fourth-order valence-electron chi connectivity index (χ4n) is 2.72. The predicted molar refractivity (Wildman–Crippen MR) is 83.2 cm³/mol. The van der Waals surface area contributed by atoms with E-state index in [9.17, 15) is 0 Å². The Kier molecular flexibility index (Phi) is 5.64. The van der Waals surface area contributed by atoms with Gasteiger partial charge in [0.1, 0.15) is 0 Å². The SMILES string of the molecule is CC(C)C1CCN(Cc2ccc(C#CCCO)cc2)C1. The Bertz CT molecular complexity index is 466. The second-order valence-corrected chi connectivity index (χ2v) is 6.00. The number of hydrogen-bond donors (Lipinski definition) is 1. The molecule has 1 unspecified atom stereocenters. The monoisotopic (exact) mass is 271 g/mol.